The van der Waals surface area contributed by atoms with Gasteiger partial charge in [0.05, 0.1) is 12.1 Å². The van der Waals surface area contributed by atoms with Gasteiger partial charge in [-0.1, -0.05) is 12.1 Å². The molecule has 0 radical (unpaired) electrons. The van der Waals surface area contributed by atoms with Gasteiger partial charge < -0.3 is 19.9 Å². The van der Waals surface area contributed by atoms with Gasteiger partial charge in [-0.25, -0.2) is 4.98 Å². The minimum Gasteiger partial charge on any atom is -0.387 e. The summed E-state index contributed by atoms with van der Waals surface area (Å²) in [5.74, 6) is 0.693. The number of likely N-dealkylation sites (tertiary alicyclic amines) is 1. The zero-order chi connectivity index (χ0) is 16.4. The quantitative estimate of drug-likeness (QED) is 0.890. The van der Waals surface area contributed by atoms with Gasteiger partial charge in [-0.3, -0.25) is 4.79 Å². The second kappa shape index (κ2) is 6.14. The highest BCUT2D eigenvalue weighted by Gasteiger charge is 2.38. The minimum absolute atomic E-state index is 0.0481. The molecule has 1 aliphatic heterocycles. The van der Waals surface area contributed by atoms with Crippen LogP contribution in [0, 0.1) is 0 Å². The van der Waals surface area contributed by atoms with E-state index in [-0.39, 0.29) is 5.91 Å². The van der Waals surface area contributed by atoms with Crippen LogP contribution in [0.5, 0.6) is 0 Å². The summed E-state index contributed by atoms with van der Waals surface area (Å²) in [4.78, 5) is 23.6. The fraction of sp³-hybridized carbons (Fsp3) is 0.412. The highest BCUT2D eigenvalue weighted by molar-refractivity contribution is 5.95. The molecule has 0 spiro atoms. The first-order valence-electron chi connectivity index (χ1n) is 7.73. The highest BCUT2D eigenvalue weighted by Crippen LogP contribution is 2.24. The third-order valence-corrected chi connectivity index (χ3v) is 4.11. The largest absolute Gasteiger partial charge is 0.387 e. The third-order valence-electron chi connectivity index (χ3n) is 4.11. The van der Waals surface area contributed by atoms with Crippen LogP contribution in [0.3, 0.4) is 0 Å². The number of nitrogens with one attached hydrogen (secondary N) is 1. The lowest BCUT2D eigenvalue weighted by Gasteiger charge is -2.26. The summed E-state index contributed by atoms with van der Waals surface area (Å²) in [6.45, 7) is 1.51. The number of β-amino-alcohol motifs (C(OH)–C–C–N with tert-alkyl or cyclic N) is 1. The van der Waals surface area contributed by atoms with Gasteiger partial charge in [-0.05, 0) is 32.6 Å². The van der Waals surface area contributed by atoms with E-state index < -0.39 is 5.60 Å². The average Bonchev–Trinajstić information content (AvgIpc) is 3.16. The fourth-order valence-electron chi connectivity index (χ4n) is 3.15. The van der Waals surface area contributed by atoms with Gasteiger partial charge in [0.15, 0.2) is 0 Å². The molecule has 6 heteroatoms. The van der Waals surface area contributed by atoms with Crippen molar-refractivity contribution in [3.63, 3.8) is 0 Å². The van der Waals surface area contributed by atoms with E-state index in [2.05, 4.69) is 9.97 Å². The zero-order valence-electron chi connectivity index (χ0n) is 13.5. The Balaban J connectivity index is 1.75. The van der Waals surface area contributed by atoms with Crippen molar-refractivity contribution in [2.75, 3.05) is 33.7 Å². The predicted octanol–water partition coefficient (Wildman–Crippen LogP) is 1.22. The Morgan fingerprint density at radius 2 is 2.30 bits per heavy atom. The number of aromatic amines is 1. The molecular formula is C17H22N4O2. The first-order valence-corrected chi connectivity index (χ1v) is 7.73. The number of carbonyl (C=O) groups is 1. The highest BCUT2D eigenvalue weighted by atomic mass is 16.3. The first kappa shape index (κ1) is 15.7. The Kier molecular flexibility index (Phi) is 4.19. The van der Waals surface area contributed by atoms with Gasteiger partial charge in [-0.2, -0.15) is 0 Å². The van der Waals surface area contributed by atoms with Crippen LogP contribution >= 0.6 is 0 Å². The minimum atomic E-state index is -0.822. The standard InChI is InChI=1S/C17H22N4O2/c1-20(2)11-17(23)6-9-21(12-17)16(22)14-5-3-4-13(10-14)15-18-7-8-19-15/h3-5,7-8,10,23H,6,9,11-12H2,1-2H3,(H,18,19)/t17-/m1/s1. The number of benzene rings is 1. The molecule has 0 aliphatic carbocycles. The van der Waals surface area contributed by atoms with Crippen LogP contribution in [0.2, 0.25) is 0 Å². The van der Waals surface area contributed by atoms with E-state index in [0.717, 1.165) is 11.4 Å². The number of carbonyl (C=O) groups excluding carboxylic acids is 1. The molecule has 2 heterocycles. The lowest BCUT2D eigenvalue weighted by atomic mass is 10.0. The van der Waals surface area contributed by atoms with Crippen molar-refractivity contribution >= 4 is 5.91 Å². The van der Waals surface area contributed by atoms with Crippen LogP contribution in [0.1, 0.15) is 16.8 Å². The molecule has 1 fully saturated rings. The van der Waals surface area contributed by atoms with Crippen molar-refractivity contribution < 1.29 is 9.90 Å². The number of nitrogens with zero attached hydrogens (tertiary/aromatic N) is 3. The Bertz CT molecular complexity index is 684. The summed E-state index contributed by atoms with van der Waals surface area (Å²) in [5, 5.41) is 10.6. The summed E-state index contributed by atoms with van der Waals surface area (Å²) in [6, 6.07) is 7.41. The van der Waals surface area contributed by atoms with Gasteiger partial charge >= 0.3 is 0 Å². The molecule has 1 amide bonds. The van der Waals surface area contributed by atoms with Crippen LogP contribution in [0.25, 0.3) is 11.4 Å². The van der Waals surface area contributed by atoms with Crippen LogP contribution in [0.4, 0.5) is 0 Å². The van der Waals surface area contributed by atoms with E-state index in [0.29, 0.717) is 31.6 Å². The molecule has 3 rings (SSSR count). The molecule has 1 saturated heterocycles. The fourth-order valence-corrected chi connectivity index (χ4v) is 3.15. The monoisotopic (exact) mass is 314 g/mol. The van der Waals surface area contributed by atoms with Crippen LogP contribution < -0.4 is 0 Å². The van der Waals surface area contributed by atoms with E-state index in [1.165, 1.54) is 0 Å². The molecule has 122 valence electrons. The van der Waals surface area contributed by atoms with E-state index in [9.17, 15) is 9.90 Å². The molecule has 2 aromatic rings. The van der Waals surface area contributed by atoms with Crippen molar-refractivity contribution in [3.8, 4) is 11.4 Å². The van der Waals surface area contributed by atoms with Gasteiger partial charge in [-0.15, -0.1) is 0 Å². The summed E-state index contributed by atoms with van der Waals surface area (Å²) in [5.41, 5.74) is 0.675. The lowest BCUT2D eigenvalue weighted by molar-refractivity contribution is 0.0236. The zero-order valence-corrected chi connectivity index (χ0v) is 13.5. The normalized spacial score (nSPS) is 21.1. The number of hydrogen-bond donors (Lipinski definition) is 2. The summed E-state index contributed by atoms with van der Waals surface area (Å²) in [6.07, 6.45) is 4.05. The summed E-state index contributed by atoms with van der Waals surface area (Å²) in [7, 11) is 3.85. The molecule has 23 heavy (non-hydrogen) atoms. The van der Waals surface area contributed by atoms with E-state index in [1.807, 2.05) is 37.2 Å². The number of rotatable bonds is 4. The molecule has 2 N–H and O–H groups in total. The Morgan fingerprint density at radius 3 is 3.00 bits per heavy atom. The number of hydrogen-bond acceptors (Lipinski definition) is 4. The van der Waals surface area contributed by atoms with Crippen molar-refractivity contribution in [1.82, 2.24) is 19.8 Å². The maximum atomic E-state index is 12.7. The average molecular weight is 314 g/mol. The number of H-pyrrole nitrogens is 1. The molecule has 0 unspecified atom stereocenters. The van der Waals surface area contributed by atoms with Crippen molar-refractivity contribution in [2.24, 2.45) is 0 Å². The molecule has 1 aromatic heterocycles. The van der Waals surface area contributed by atoms with Crippen LogP contribution in [0.15, 0.2) is 36.7 Å². The van der Waals surface area contributed by atoms with Crippen molar-refractivity contribution in [1.29, 1.82) is 0 Å². The molecule has 0 bridgehead atoms. The number of likely N-dealkylation sites (N-methyl/N-ethyl adjacent to an activating group) is 1. The maximum absolute atomic E-state index is 12.7. The smallest absolute Gasteiger partial charge is 0.253 e. The molecule has 0 saturated carbocycles. The molecule has 1 atom stereocenters. The van der Waals surface area contributed by atoms with Crippen molar-refractivity contribution in [2.45, 2.75) is 12.0 Å². The van der Waals surface area contributed by atoms with Crippen LogP contribution in [-0.4, -0.2) is 70.1 Å². The number of aromatic nitrogens is 2. The Labute approximate surface area is 135 Å². The molecule has 6 nitrogen and oxygen atoms in total. The second-order valence-electron chi connectivity index (χ2n) is 6.46. The summed E-state index contributed by atoms with van der Waals surface area (Å²) >= 11 is 0. The van der Waals surface area contributed by atoms with Crippen molar-refractivity contribution in [3.05, 3.63) is 42.2 Å². The third kappa shape index (κ3) is 3.43. The van der Waals surface area contributed by atoms with Gasteiger partial charge in [0.1, 0.15) is 5.82 Å². The molecule has 1 aromatic carbocycles. The Morgan fingerprint density at radius 1 is 1.48 bits per heavy atom. The van der Waals surface area contributed by atoms with Crippen LogP contribution in [-0.2, 0) is 0 Å². The number of imidazole rings is 1. The summed E-state index contributed by atoms with van der Waals surface area (Å²) < 4.78 is 0. The Hall–Kier alpha value is -2.18. The maximum Gasteiger partial charge on any atom is 0.253 e. The molecule has 1 aliphatic rings. The number of aliphatic hydroxyl groups is 1. The molecular weight excluding hydrogens is 292 g/mol. The van der Waals surface area contributed by atoms with Gasteiger partial charge in [0, 0.05) is 36.6 Å². The second-order valence-corrected chi connectivity index (χ2v) is 6.46. The number of amides is 1. The lowest BCUT2D eigenvalue weighted by Crippen LogP contribution is -2.43. The van der Waals surface area contributed by atoms with E-state index >= 15 is 0 Å². The first-order chi connectivity index (χ1) is 11.0. The van der Waals surface area contributed by atoms with Gasteiger partial charge in [0.2, 0.25) is 0 Å². The SMILES string of the molecule is CN(C)C[C@]1(O)CCN(C(=O)c2cccc(-c3ncc[nH]3)c2)C1. The van der Waals surface area contributed by atoms with E-state index in [1.54, 1.807) is 23.4 Å². The predicted molar refractivity (Wildman–Crippen MR) is 88.0 cm³/mol. The topological polar surface area (TPSA) is 72.5 Å². The van der Waals surface area contributed by atoms with E-state index in [4.69, 9.17) is 0 Å². The van der Waals surface area contributed by atoms with Gasteiger partial charge in [0.25, 0.3) is 5.91 Å².